The molecule has 10 rings (SSSR count). The summed E-state index contributed by atoms with van der Waals surface area (Å²) in [5.41, 5.74) is 16.9. The van der Waals surface area contributed by atoms with E-state index in [9.17, 15) is 0 Å². The maximum atomic E-state index is 5.60. The Labute approximate surface area is 340 Å². The number of aromatic amines is 1. The van der Waals surface area contributed by atoms with Crippen molar-refractivity contribution in [3.8, 4) is 56.0 Å². The van der Waals surface area contributed by atoms with E-state index in [0.717, 1.165) is 78.7 Å². The Morgan fingerprint density at radius 1 is 0.397 bits per heavy atom. The van der Waals surface area contributed by atoms with Gasteiger partial charge in [0.05, 0.1) is 28.1 Å². The van der Waals surface area contributed by atoms with E-state index in [1.54, 1.807) is 0 Å². The molecule has 0 radical (unpaired) electrons. The molecular formula is C54H46N4. The first-order valence-corrected chi connectivity index (χ1v) is 20.2. The molecule has 282 valence electrons. The summed E-state index contributed by atoms with van der Waals surface area (Å²) in [4.78, 5) is 17.5. The minimum absolute atomic E-state index is 0.0792. The molecule has 0 spiro atoms. The number of aromatic nitrogens is 3. The number of para-hydroxylation sites is 1. The van der Waals surface area contributed by atoms with Crippen LogP contribution in [0.3, 0.4) is 0 Å². The number of rotatable bonds is 3. The first kappa shape index (κ1) is 35.6. The van der Waals surface area contributed by atoms with Crippen molar-refractivity contribution in [3.05, 3.63) is 175 Å². The van der Waals surface area contributed by atoms with Crippen molar-refractivity contribution in [2.24, 2.45) is 0 Å². The number of pyridine rings is 2. The van der Waals surface area contributed by atoms with Crippen LogP contribution < -0.4 is 4.90 Å². The van der Waals surface area contributed by atoms with Crippen molar-refractivity contribution in [1.82, 2.24) is 15.0 Å². The molecule has 1 aliphatic heterocycles. The van der Waals surface area contributed by atoms with E-state index in [1.807, 2.05) is 0 Å². The molecule has 3 aromatic heterocycles. The maximum absolute atomic E-state index is 5.60. The molecule has 58 heavy (non-hydrogen) atoms. The fourth-order valence-electron chi connectivity index (χ4n) is 8.36. The molecule has 0 aliphatic carbocycles. The highest BCUT2D eigenvalue weighted by molar-refractivity contribution is 6.16. The second-order valence-corrected chi connectivity index (χ2v) is 17.7. The zero-order valence-corrected chi connectivity index (χ0v) is 33.9. The molecule has 4 heteroatoms. The van der Waals surface area contributed by atoms with Gasteiger partial charge in [0.25, 0.3) is 0 Å². The summed E-state index contributed by atoms with van der Waals surface area (Å²) in [5.74, 6) is 0.815. The Balaban J connectivity index is 1.40. The van der Waals surface area contributed by atoms with Crippen LogP contribution in [0.1, 0.15) is 52.7 Å². The topological polar surface area (TPSA) is 44.8 Å². The lowest BCUT2D eigenvalue weighted by Crippen LogP contribution is -2.13. The molecule has 9 aromatic rings. The fraction of sp³-hybridized carbons (Fsp3) is 0.148. The summed E-state index contributed by atoms with van der Waals surface area (Å²) in [7, 11) is 0. The number of fused-ring (bicyclic) bond motifs is 10. The van der Waals surface area contributed by atoms with Gasteiger partial charge < -0.3 is 4.98 Å². The molecule has 8 bridgehead atoms. The van der Waals surface area contributed by atoms with E-state index in [2.05, 4.69) is 215 Å². The molecule has 0 fully saturated rings. The van der Waals surface area contributed by atoms with Crippen LogP contribution >= 0.6 is 0 Å². The Hall–Kier alpha value is -6.78. The molecule has 4 heterocycles. The Morgan fingerprint density at radius 3 is 1.48 bits per heavy atom. The lowest BCUT2D eigenvalue weighted by Gasteiger charge is -2.26. The molecule has 0 saturated heterocycles. The molecule has 1 N–H and O–H groups in total. The third kappa shape index (κ3) is 6.26. The molecule has 1 aliphatic rings. The van der Waals surface area contributed by atoms with E-state index in [4.69, 9.17) is 9.97 Å². The van der Waals surface area contributed by atoms with Crippen LogP contribution in [-0.4, -0.2) is 15.0 Å². The number of nitrogens with zero attached hydrogens (tertiary/aromatic N) is 3. The summed E-state index contributed by atoms with van der Waals surface area (Å²) in [6.45, 7) is 13.8. The quantitative estimate of drug-likeness (QED) is 0.196. The van der Waals surface area contributed by atoms with Crippen molar-refractivity contribution in [2.45, 2.75) is 52.4 Å². The van der Waals surface area contributed by atoms with Crippen molar-refractivity contribution in [2.75, 3.05) is 4.90 Å². The zero-order valence-electron chi connectivity index (χ0n) is 33.9. The van der Waals surface area contributed by atoms with Gasteiger partial charge in [-0.15, -0.1) is 0 Å². The van der Waals surface area contributed by atoms with Gasteiger partial charge in [-0.1, -0.05) is 133 Å². The highest BCUT2D eigenvalue weighted by Gasteiger charge is 2.26. The van der Waals surface area contributed by atoms with E-state index in [-0.39, 0.29) is 10.8 Å². The Kier molecular flexibility index (Phi) is 8.24. The largest absolute Gasteiger partial charge is 0.353 e. The molecule has 0 unspecified atom stereocenters. The van der Waals surface area contributed by atoms with Crippen LogP contribution in [0.5, 0.6) is 0 Å². The second kappa shape index (κ2) is 13.4. The summed E-state index contributed by atoms with van der Waals surface area (Å²) in [6.07, 6.45) is 0. The van der Waals surface area contributed by atoms with Crippen LogP contribution in [0.4, 0.5) is 17.2 Å². The summed E-state index contributed by atoms with van der Waals surface area (Å²) in [6, 6.07) is 59.2. The SMILES string of the molecule is CC(C)(C)c1cc2c3[nH]c4c(cc(C(C)(C)C)cc4c3c1)-c1cc(-c3ccccc3)cc(n1)-c1cc(-c3ccccc3)cc(n1)N(c1ccccc1)c1cccc-2c1. The van der Waals surface area contributed by atoms with Crippen molar-refractivity contribution < 1.29 is 0 Å². The Morgan fingerprint density at radius 2 is 0.879 bits per heavy atom. The van der Waals surface area contributed by atoms with Gasteiger partial charge >= 0.3 is 0 Å². The first-order chi connectivity index (χ1) is 28.0. The zero-order chi connectivity index (χ0) is 39.8. The maximum Gasteiger partial charge on any atom is 0.138 e. The van der Waals surface area contributed by atoms with Gasteiger partial charge in [0.15, 0.2) is 0 Å². The monoisotopic (exact) mass is 750 g/mol. The molecule has 0 amide bonds. The first-order valence-electron chi connectivity index (χ1n) is 20.2. The molecule has 0 saturated carbocycles. The van der Waals surface area contributed by atoms with Crippen LogP contribution in [0.25, 0.3) is 77.8 Å². The van der Waals surface area contributed by atoms with Gasteiger partial charge in [-0.05, 0) is 123 Å². The molecule has 4 nitrogen and oxygen atoms in total. The van der Waals surface area contributed by atoms with E-state index >= 15 is 0 Å². The van der Waals surface area contributed by atoms with Crippen molar-refractivity contribution >= 4 is 39.0 Å². The van der Waals surface area contributed by atoms with Gasteiger partial charge in [-0.25, -0.2) is 9.97 Å². The predicted octanol–water partition coefficient (Wildman–Crippen LogP) is 14.8. The predicted molar refractivity (Wildman–Crippen MR) is 244 cm³/mol. The summed E-state index contributed by atoms with van der Waals surface area (Å²) < 4.78 is 0. The number of nitrogens with one attached hydrogen (secondary N) is 1. The van der Waals surface area contributed by atoms with Crippen LogP contribution in [0.15, 0.2) is 164 Å². The molecule has 6 aromatic carbocycles. The number of H-pyrrole nitrogens is 1. The highest BCUT2D eigenvalue weighted by atomic mass is 15.2. The van der Waals surface area contributed by atoms with E-state index in [1.165, 1.54) is 27.5 Å². The van der Waals surface area contributed by atoms with Crippen molar-refractivity contribution in [3.63, 3.8) is 0 Å². The standard InChI is InChI=1S/C54H46N4/c1-53(2,3)39-30-43-36-21-16-24-42(25-36)58(41-22-14-9-15-23-41)50-29-38(35-19-12-8-13-20-35)28-49(56-50)48-27-37(34-17-10-7-11-18-34)26-47(55-48)46-33-40(54(4,5)6)32-45-44(31-39)51(43)57-52(45)46/h7-33,57H,1-6H3. The normalized spacial score (nSPS) is 12.6. The fourth-order valence-corrected chi connectivity index (χ4v) is 8.36. The average molecular weight is 751 g/mol. The van der Waals surface area contributed by atoms with Gasteiger partial charge in [0, 0.05) is 33.3 Å². The lowest BCUT2D eigenvalue weighted by molar-refractivity contribution is 0.590. The molecule has 0 atom stereocenters. The number of anilines is 3. The van der Waals surface area contributed by atoms with Crippen molar-refractivity contribution in [1.29, 1.82) is 0 Å². The average Bonchev–Trinajstić information content (AvgIpc) is 3.62. The van der Waals surface area contributed by atoms with Crippen LogP contribution in [-0.2, 0) is 10.8 Å². The van der Waals surface area contributed by atoms with E-state index < -0.39 is 0 Å². The third-order valence-electron chi connectivity index (χ3n) is 11.6. The Bertz CT molecular complexity index is 3000. The minimum Gasteiger partial charge on any atom is -0.353 e. The number of hydrogen-bond donors (Lipinski definition) is 1. The molecular weight excluding hydrogens is 705 g/mol. The summed E-state index contributed by atoms with van der Waals surface area (Å²) in [5, 5.41) is 2.43. The number of benzene rings is 6. The smallest absolute Gasteiger partial charge is 0.138 e. The van der Waals surface area contributed by atoms with Gasteiger partial charge in [-0.3, -0.25) is 4.90 Å². The van der Waals surface area contributed by atoms with Crippen LogP contribution in [0, 0.1) is 0 Å². The highest BCUT2D eigenvalue weighted by Crippen LogP contribution is 2.45. The van der Waals surface area contributed by atoms with Gasteiger partial charge in [0.2, 0.25) is 0 Å². The van der Waals surface area contributed by atoms with Gasteiger partial charge in [0.1, 0.15) is 5.82 Å². The number of hydrogen-bond acceptors (Lipinski definition) is 3. The van der Waals surface area contributed by atoms with E-state index in [0.29, 0.717) is 0 Å². The van der Waals surface area contributed by atoms with Crippen LogP contribution in [0.2, 0.25) is 0 Å². The minimum atomic E-state index is -0.104. The summed E-state index contributed by atoms with van der Waals surface area (Å²) >= 11 is 0. The second-order valence-electron chi connectivity index (χ2n) is 17.7. The third-order valence-corrected chi connectivity index (χ3v) is 11.6. The lowest BCUT2D eigenvalue weighted by atomic mass is 9.82. The van der Waals surface area contributed by atoms with Gasteiger partial charge in [-0.2, -0.15) is 0 Å².